The van der Waals surface area contributed by atoms with E-state index in [1.807, 2.05) is 24.3 Å². The molecule has 2 heterocycles. The predicted octanol–water partition coefficient (Wildman–Crippen LogP) is 3.15. The summed E-state index contributed by atoms with van der Waals surface area (Å²) in [5.74, 6) is -0.0515. The first-order chi connectivity index (χ1) is 13.0. The van der Waals surface area contributed by atoms with Gasteiger partial charge in [0.05, 0.1) is 4.90 Å². The zero-order chi connectivity index (χ0) is 18.9. The van der Waals surface area contributed by atoms with Crippen LogP contribution in [0.25, 0.3) is 11.0 Å². The summed E-state index contributed by atoms with van der Waals surface area (Å²) in [7, 11) is -3.41. The molecular weight excluding hydrogens is 364 g/mol. The predicted molar refractivity (Wildman–Crippen MR) is 102 cm³/mol. The number of fused-ring (bicyclic) bond motifs is 1. The quantitative estimate of drug-likeness (QED) is 0.733. The maximum atomic E-state index is 12.5. The topological polar surface area (TPSA) is 79.6 Å². The molecule has 0 atom stereocenters. The molecule has 1 aliphatic heterocycles. The second kappa shape index (κ2) is 7.17. The summed E-state index contributed by atoms with van der Waals surface area (Å²) >= 11 is 0. The second-order valence-electron chi connectivity index (χ2n) is 6.59. The second-order valence-corrected chi connectivity index (χ2v) is 8.52. The van der Waals surface area contributed by atoms with Crippen LogP contribution in [0.2, 0.25) is 0 Å². The monoisotopic (exact) mass is 384 g/mol. The summed E-state index contributed by atoms with van der Waals surface area (Å²) in [4.78, 5) is 12.6. The van der Waals surface area contributed by atoms with E-state index in [2.05, 4.69) is 5.32 Å². The van der Waals surface area contributed by atoms with Crippen LogP contribution in [0.5, 0.6) is 0 Å². The third kappa shape index (κ3) is 3.61. The van der Waals surface area contributed by atoms with Crippen molar-refractivity contribution in [3.8, 4) is 0 Å². The van der Waals surface area contributed by atoms with Crippen molar-refractivity contribution in [3.63, 3.8) is 0 Å². The Morgan fingerprint density at radius 1 is 1.04 bits per heavy atom. The van der Waals surface area contributed by atoms with Crippen LogP contribution in [0.15, 0.2) is 63.9 Å². The van der Waals surface area contributed by atoms with Crippen molar-refractivity contribution in [2.45, 2.75) is 24.3 Å². The zero-order valence-corrected chi connectivity index (χ0v) is 15.5. The summed E-state index contributed by atoms with van der Waals surface area (Å²) < 4.78 is 32.1. The minimum Gasteiger partial charge on any atom is -0.451 e. The molecule has 1 N–H and O–H groups in total. The molecule has 6 nitrogen and oxygen atoms in total. The van der Waals surface area contributed by atoms with Crippen molar-refractivity contribution >= 4 is 26.9 Å². The number of hydrogen-bond acceptors (Lipinski definition) is 4. The fraction of sp³-hybridized carbons (Fsp3) is 0.250. The summed E-state index contributed by atoms with van der Waals surface area (Å²) in [6.45, 7) is 1.45. The van der Waals surface area contributed by atoms with Gasteiger partial charge >= 0.3 is 0 Å². The van der Waals surface area contributed by atoms with Crippen molar-refractivity contribution in [1.82, 2.24) is 9.62 Å². The van der Waals surface area contributed by atoms with Crippen LogP contribution in [-0.2, 0) is 16.6 Å². The first-order valence-electron chi connectivity index (χ1n) is 8.90. The summed E-state index contributed by atoms with van der Waals surface area (Å²) in [5, 5.41) is 3.67. The first kappa shape index (κ1) is 17.8. The van der Waals surface area contributed by atoms with Gasteiger partial charge in [-0.1, -0.05) is 30.3 Å². The number of furan rings is 1. The number of amides is 1. The van der Waals surface area contributed by atoms with E-state index in [0.717, 1.165) is 23.8 Å². The van der Waals surface area contributed by atoms with Crippen LogP contribution in [0.1, 0.15) is 29.0 Å². The lowest BCUT2D eigenvalue weighted by molar-refractivity contribution is 0.0925. The molecule has 0 radical (unpaired) electrons. The van der Waals surface area contributed by atoms with Gasteiger partial charge in [-0.2, -0.15) is 4.31 Å². The average molecular weight is 384 g/mol. The van der Waals surface area contributed by atoms with Gasteiger partial charge in [0.15, 0.2) is 5.76 Å². The molecule has 4 rings (SSSR count). The first-order valence-corrected chi connectivity index (χ1v) is 10.3. The van der Waals surface area contributed by atoms with Crippen molar-refractivity contribution in [2.24, 2.45) is 0 Å². The molecular formula is C20H20N2O4S. The third-order valence-corrected chi connectivity index (χ3v) is 6.64. The van der Waals surface area contributed by atoms with Crippen molar-refractivity contribution in [1.29, 1.82) is 0 Å². The molecule has 27 heavy (non-hydrogen) atoms. The zero-order valence-electron chi connectivity index (χ0n) is 14.7. The number of sulfonamides is 1. The summed E-state index contributed by atoms with van der Waals surface area (Å²) in [6.07, 6.45) is 1.82. The standard InChI is InChI=1S/C20H20N2O4S/c23-20(19-13-16-5-1-2-6-18(16)26-19)21-14-15-7-9-17(10-8-15)27(24,25)22-11-3-4-12-22/h1-2,5-10,13H,3-4,11-12,14H2,(H,21,23). The van der Waals surface area contributed by atoms with E-state index in [1.54, 1.807) is 30.3 Å². The Morgan fingerprint density at radius 2 is 1.74 bits per heavy atom. The lowest BCUT2D eigenvalue weighted by atomic mass is 10.2. The number of carbonyl (C=O) groups excluding carboxylic acids is 1. The Labute approximate surface area is 157 Å². The molecule has 140 valence electrons. The molecule has 1 saturated heterocycles. The van der Waals surface area contributed by atoms with Gasteiger partial charge < -0.3 is 9.73 Å². The molecule has 0 aliphatic carbocycles. The maximum Gasteiger partial charge on any atom is 0.287 e. The molecule has 0 bridgehead atoms. The van der Waals surface area contributed by atoms with E-state index in [-0.39, 0.29) is 16.6 Å². The SMILES string of the molecule is O=C(NCc1ccc(S(=O)(=O)N2CCCC2)cc1)c1cc2ccccc2o1. The molecule has 1 fully saturated rings. The van der Waals surface area contributed by atoms with Gasteiger partial charge in [0.25, 0.3) is 5.91 Å². The van der Waals surface area contributed by atoms with E-state index >= 15 is 0 Å². The Balaban J connectivity index is 1.42. The molecule has 1 aromatic heterocycles. The maximum absolute atomic E-state index is 12.5. The van der Waals surface area contributed by atoms with Crippen molar-refractivity contribution < 1.29 is 17.6 Å². The number of carbonyl (C=O) groups is 1. The minimum atomic E-state index is -3.41. The van der Waals surface area contributed by atoms with E-state index < -0.39 is 10.0 Å². The number of para-hydroxylation sites is 1. The number of rotatable bonds is 5. The molecule has 7 heteroatoms. The van der Waals surface area contributed by atoms with Crippen LogP contribution >= 0.6 is 0 Å². The number of benzene rings is 2. The Morgan fingerprint density at radius 3 is 2.44 bits per heavy atom. The van der Waals surface area contributed by atoms with Gasteiger partial charge in [-0.15, -0.1) is 0 Å². The molecule has 0 spiro atoms. The van der Waals surface area contributed by atoms with E-state index in [0.29, 0.717) is 25.2 Å². The van der Waals surface area contributed by atoms with Gasteiger partial charge in [0.2, 0.25) is 10.0 Å². The van der Waals surface area contributed by atoms with Crippen LogP contribution < -0.4 is 5.32 Å². The molecule has 2 aromatic carbocycles. The lowest BCUT2D eigenvalue weighted by Gasteiger charge is -2.15. The Kier molecular flexibility index (Phi) is 4.72. The molecule has 0 saturated carbocycles. The van der Waals surface area contributed by atoms with Gasteiger partial charge in [0.1, 0.15) is 5.58 Å². The largest absolute Gasteiger partial charge is 0.451 e. The van der Waals surface area contributed by atoms with Crippen molar-refractivity contribution in [3.05, 3.63) is 65.9 Å². The lowest BCUT2D eigenvalue weighted by Crippen LogP contribution is -2.27. The molecule has 3 aromatic rings. The normalized spacial score (nSPS) is 15.3. The van der Waals surface area contributed by atoms with E-state index in [4.69, 9.17) is 4.42 Å². The van der Waals surface area contributed by atoms with Crippen LogP contribution in [0, 0.1) is 0 Å². The molecule has 1 aliphatic rings. The number of nitrogens with one attached hydrogen (secondary N) is 1. The molecule has 0 unspecified atom stereocenters. The highest BCUT2D eigenvalue weighted by atomic mass is 32.2. The highest BCUT2D eigenvalue weighted by Gasteiger charge is 2.26. The van der Waals surface area contributed by atoms with Crippen LogP contribution in [0.3, 0.4) is 0 Å². The smallest absolute Gasteiger partial charge is 0.287 e. The van der Waals surface area contributed by atoms with Crippen LogP contribution in [-0.4, -0.2) is 31.7 Å². The van der Waals surface area contributed by atoms with E-state index in [9.17, 15) is 13.2 Å². The Hall–Kier alpha value is -2.64. The fourth-order valence-corrected chi connectivity index (χ4v) is 4.74. The number of nitrogens with zero attached hydrogens (tertiary/aromatic N) is 1. The Bertz CT molecular complexity index is 1030. The van der Waals surface area contributed by atoms with Gasteiger partial charge in [0, 0.05) is 25.0 Å². The van der Waals surface area contributed by atoms with Crippen LogP contribution in [0.4, 0.5) is 0 Å². The fourth-order valence-electron chi connectivity index (χ4n) is 3.22. The average Bonchev–Trinajstić information content (AvgIpc) is 3.36. The highest BCUT2D eigenvalue weighted by molar-refractivity contribution is 7.89. The molecule has 1 amide bonds. The van der Waals surface area contributed by atoms with Crippen molar-refractivity contribution in [2.75, 3.05) is 13.1 Å². The minimum absolute atomic E-state index is 0.254. The van der Waals surface area contributed by atoms with Gasteiger partial charge in [-0.25, -0.2) is 8.42 Å². The third-order valence-electron chi connectivity index (χ3n) is 4.73. The number of hydrogen-bond donors (Lipinski definition) is 1. The summed E-state index contributed by atoms with van der Waals surface area (Å²) in [5.41, 5.74) is 1.49. The highest BCUT2D eigenvalue weighted by Crippen LogP contribution is 2.21. The van der Waals surface area contributed by atoms with Gasteiger partial charge in [-0.05, 0) is 42.7 Å². The summed E-state index contributed by atoms with van der Waals surface area (Å²) in [6, 6.07) is 15.8. The van der Waals surface area contributed by atoms with Gasteiger partial charge in [-0.3, -0.25) is 4.79 Å². The van der Waals surface area contributed by atoms with E-state index in [1.165, 1.54) is 4.31 Å².